The van der Waals surface area contributed by atoms with Gasteiger partial charge in [0.15, 0.2) is 0 Å². The van der Waals surface area contributed by atoms with Gasteiger partial charge < -0.3 is 14.9 Å². The van der Waals surface area contributed by atoms with Crippen LogP contribution in [0.4, 0.5) is 13.2 Å². The number of nitrogens with zero attached hydrogens (tertiary/aromatic N) is 2. The molecular weight excluding hydrogens is 277 g/mol. The van der Waals surface area contributed by atoms with Gasteiger partial charge in [0, 0.05) is 13.0 Å². The molecule has 114 valence electrons. The van der Waals surface area contributed by atoms with E-state index in [0.717, 1.165) is 0 Å². The zero-order chi connectivity index (χ0) is 15.1. The van der Waals surface area contributed by atoms with Crippen molar-refractivity contribution < 1.29 is 27.9 Å². The van der Waals surface area contributed by atoms with Gasteiger partial charge in [-0.3, -0.25) is 9.59 Å². The molecule has 0 aromatic carbocycles. The minimum atomic E-state index is -4.45. The van der Waals surface area contributed by atoms with Crippen LogP contribution < -0.4 is 0 Å². The topological polar surface area (TPSA) is 60.9 Å². The maximum atomic E-state index is 12.3. The summed E-state index contributed by atoms with van der Waals surface area (Å²) in [6.45, 7) is 0.664. The van der Waals surface area contributed by atoms with Crippen molar-refractivity contribution in [1.29, 1.82) is 0 Å². The van der Waals surface area contributed by atoms with Crippen molar-refractivity contribution in [2.24, 2.45) is 5.92 Å². The van der Waals surface area contributed by atoms with Gasteiger partial charge in [-0.25, -0.2) is 0 Å². The molecule has 2 aliphatic rings. The third kappa shape index (κ3) is 3.05. The van der Waals surface area contributed by atoms with Gasteiger partial charge in [-0.05, 0) is 6.42 Å². The highest BCUT2D eigenvalue weighted by atomic mass is 19.4. The number of carbonyl (C=O) groups excluding carboxylic acids is 2. The lowest BCUT2D eigenvalue weighted by atomic mass is 9.89. The fourth-order valence-electron chi connectivity index (χ4n) is 2.61. The number of carbonyl (C=O) groups is 2. The summed E-state index contributed by atoms with van der Waals surface area (Å²) in [5, 5.41) is 9.82. The Kier molecular flexibility index (Phi) is 3.70. The number of aliphatic hydroxyl groups is 1. The first kappa shape index (κ1) is 15.1. The highest BCUT2D eigenvalue weighted by Gasteiger charge is 2.47. The van der Waals surface area contributed by atoms with Crippen LogP contribution in [0.2, 0.25) is 0 Å². The Hall–Kier alpha value is -1.31. The Bertz CT molecular complexity index is 419. The van der Waals surface area contributed by atoms with Crippen LogP contribution in [0.3, 0.4) is 0 Å². The van der Waals surface area contributed by atoms with Crippen molar-refractivity contribution in [3.8, 4) is 0 Å². The van der Waals surface area contributed by atoms with E-state index in [1.807, 2.05) is 0 Å². The van der Waals surface area contributed by atoms with Gasteiger partial charge >= 0.3 is 6.18 Å². The predicted molar refractivity (Wildman–Crippen MR) is 62.6 cm³/mol. The number of amides is 2. The summed E-state index contributed by atoms with van der Waals surface area (Å²) in [7, 11) is 0. The summed E-state index contributed by atoms with van der Waals surface area (Å²) in [6.07, 6.45) is -4.12. The highest BCUT2D eigenvalue weighted by molar-refractivity contribution is 5.89. The van der Waals surface area contributed by atoms with E-state index in [1.54, 1.807) is 6.92 Å². The number of hydrogen-bond acceptors (Lipinski definition) is 3. The van der Waals surface area contributed by atoms with Crippen molar-refractivity contribution >= 4 is 11.8 Å². The second-order valence-corrected chi connectivity index (χ2v) is 5.56. The van der Waals surface area contributed by atoms with Crippen molar-refractivity contribution in [2.45, 2.75) is 31.5 Å². The molecule has 0 bridgehead atoms. The zero-order valence-corrected chi connectivity index (χ0v) is 11.1. The molecule has 0 saturated carbocycles. The Balaban J connectivity index is 1.89. The minimum Gasteiger partial charge on any atom is -0.386 e. The minimum absolute atomic E-state index is 0.185. The molecule has 2 aliphatic heterocycles. The molecule has 20 heavy (non-hydrogen) atoms. The number of hydrogen-bond donors (Lipinski definition) is 1. The predicted octanol–water partition coefficient (Wildman–Crippen LogP) is 0.380. The molecular formula is C12H17F3N2O3. The van der Waals surface area contributed by atoms with Crippen LogP contribution in [0, 0.1) is 5.92 Å². The first-order valence-electron chi connectivity index (χ1n) is 6.49. The molecule has 0 radical (unpaired) electrons. The molecule has 0 aliphatic carbocycles. The standard InChI is InChI=1S/C12H17F3N2O3/c1-2-11(20)5-17(6-11)10(19)8-3-9(18)16(4-8)7-12(13,14)15/h8,20H,2-7H2,1H3. The van der Waals surface area contributed by atoms with E-state index in [-0.39, 0.29) is 32.0 Å². The largest absolute Gasteiger partial charge is 0.406 e. The molecule has 1 N–H and O–H groups in total. The van der Waals surface area contributed by atoms with Crippen molar-refractivity contribution in [2.75, 3.05) is 26.2 Å². The van der Waals surface area contributed by atoms with Gasteiger partial charge in [-0.15, -0.1) is 0 Å². The fraction of sp³-hybridized carbons (Fsp3) is 0.833. The Morgan fingerprint density at radius 1 is 1.45 bits per heavy atom. The van der Waals surface area contributed by atoms with Crippen LogP contribution >= 0.6 is 0 Å². The van der Waals surface area contributed by atoms with Crippen LogP contribution in [0.25, 0.3) is 0 Å². The summed E-state index contributed by atoms with van der Waals surface area (Å²) < 4.78 is 36.8. The van der Waals surface area contributed by atoms with Gasteiger partial charge in [0.05, 0.1) is 24.6 Å². The number of halogens is 3. The normalized spacial score (nSPS) is 25.9. The van der Waals surface area contributed by atoms with E-state index in [1.165, 1.54) is 4.90 Å². The average Bonchev–Trinajstić information content (AvgIpc) is 2.63. The maximum absolute atomic E-state index is 12.3. The number of alkyl halides is 3. The zero-order valence-electron chi connectivity index (χ0n) is 11.1. The summed E-state index contributed by atoms with van der Waals surface area (Å²) >= 11 is 0. The van der Waals surface area contributed by atoms with E-state index in [9.17, 15) is 27.9 Å². The highest BCUT2D eigenvalue weighted by Crippen LogP contribution is 2.30. The van der Waals surface area contributed by atoms with Gasteiger partial charge in [0.25, 0.3) is 0 Å². The van der Waals surface area contributed by atoms with Gasteiger partial charge in [0.2, 0.25) is 11.8 Å². The second-order valence-electron chi connectivity index (χ2n) is 5.56. The fourth-order valence-corrected chi connectivity index (χ4v) is 2.61. The molecule has 0 spiro atoms. The smallest absolute Gasteiger partial charge is 0.386 e. The lowest BCUT2D eigenvalue weighted by molar-refractivity contribution is -0.161. The first-order chi connectivity index (χ1) is 9.13. The molecule has 8 heteroatoms. The van der Waals surface area contributed by atoms with Crippen molar-refractivity contribution in [3.63, 3.8) is 0 Å². The maximum Gasteiger partial charge on any atom is 0.406 e. The van der Waals surface area contributed by atoms with E-state index in [4.69, 9.17) is 0 Å². The van der Waals surface area contributed by atoms with Gasteiger partial charge in [0.1, 0.15) is 6.54 Å². The van der Waals surface area contributed by atoms with E-state index >= 15 is 0 Å². The lowest BCUT2D eigenvalue weighted by Crippen LogP contribution is -2.64. The molecule has 2 fully saturated rings. The van der Waals surface area contributed by atoms with Gasteiger partial charge in [-0.1, -0.05) is 6.92 Å². The summed E-state index contributed by atoms with van der Waals surface area (Å²) in [5.41, 5.74) is -0.885. The molecule has 0 aromatic heterocycles. The summed E-state index contributed by atoms with van der Waals surface area (Å²) in [4.78, 5) is 25.6. The molecule has 1 unspecified atom stereocenters. The quantitative estimate of drug-likeness (QED) is 0.818. The van der Waals surface area contributed by atoms with Gasteiger partial charge in [-0.2, -0.15) is 13.2 Å². The summed E-state index contributed by atoms with van der Waals surface area (Å²) in [6, 6.07) is 0. The Labute approximate surface area is 114 Å². The second kappa shape index (κ2) is 4.91. The molecule has 2 rings (SSSR count). The third-order valence-corrected chi connectivity index (χ3v) is 3.87. The average molecular weight is 294 g/mol. The van der Waals surface area contributed by atoms with E-state index in [0.29, 0.717) is 11.3 Å². The van der Waals surface area contributed by atoms with Crippen LogP contribution in [-0.4, -0.2) is 64.7 Å². The van der Waals surface area contributed by atoms with Crippen molar-refractivity contribution in [1.82, 2.24) is 9.80 Å². The van der Waals surface area contributed by atoms with Crippen LogP contribution in [0.5, 0.6) is 0 Å². The first-order valence-corrected chi connectivity index (χ1v) is 6.49. The Morgan fingerprint density at radius 2 is 2.05 bits per heavy atom. The molecule has 1 atom stereocenters. The van der Waals surface area contributed by atoms with Crippen molar-refractivity contribution in [3.05, 3.63) is 0 Å². The third-order valence-electron chi connectivity index (χ3n) is 3.87. The van der Waals surface area contributed by atoms with Crippen LogP contribution in [0.1, 0.15) is 19.8 Å². The summed E-state index contributed by atoms with van der Waals surface area (Å²) in [5.74, 6) is -1.72. The molecule has 2 heterocycles. The van der Waals surface area contributed by atoms with Crippen LogP contribution in [0.15, 0.2) is 0 Å². The molecule has 2 saturated heterocycles. The Morgan fingerprint density at radius 3 is 2.55 bits per heavy atom. The van der Waals surface area contributed by atoms with E-state index < -0.39 is 30.1 Å². The number of β-amino-alcohol motifs (C(OH)–C–C–N with tert-alkyl or cyclic N) is 1. The number of likely N-dealkylation sites (tertiary alicyclic amines) is 2. The SMILES string of the molecule is CCC1(O)CN(C(=O)C2CC(=O)N(CC(F)(F)F)C2)C1. The molecule has 0 aromatic rings. The lowest BCUT2D eigenvalue weighted by Gasteiger charge is -2.46. The molecule has 5 nitrogen and oxygen atoms in total. The monoisotopic (exact) mass is 294 g/mol. The van der Waals surface area contributed by atoms with E-state index in [2.05, 4.69) is 0 Å². The van der Waals surface area contributed by atoms with Crippen LogP contribution in [-0.2, 0) is 9.59 Å². The number of rotatable bonds is 3. The molecule has 2 amide bonds.